The highest BCUT2D eigenvalue weighted by Gasteiger charge is 2.01. The monoisotopic (exact) mass is 286 g/mol. The lowest BCUT2D eigenvalue weighted by molar-refractivity contribution is -0.107. The highest BCUT2D eigenvalue weighted by atomic mass is 35.5. The van der Waals surface area contributed by atoms with E-state index >= 15 is 0 Å². The number of halogens is 1. The van der Waals surface area contributed by atoms with Crippen LogP contribution in [0.15, 0.2) is 54.6 Å². The zero-order valence-electron chi connectivity index (χ0n) is 11.2. The number of hydrogen-bond donors (Lipinski definition) is 0. The van der Waals surface area contributed by atoms with Crippen LogP contribution in [-0.4, -0.2) is 5.24 Å². The predicted octanol–water partition coefficient (Wildman–Crippen LogP) is 4.35. The molecule has 0 heterocycles. The zero-order valence-corrected chi connectivity index (χ0v) is 11.9. The fourth-order valence-corrected chi connectivity index (χ4v) is 1.84. The van der Waals surface area contributed by atoms with Crippen molar-refractivity contribution in [1.82, 2.24) is 0 Å². The minimum atomic E-state index is -0.489. The van der Waals surface area contributed by atoms with Crippen molar-refractivity contribution in [2.24, 2.45) is 0 Å². The Hall–Kier alpha value is -2.06. The maximum absolute atomic E-state index is 10.7. The van der Waals surface area contributed by atoms with Gasteiger partial charge in [0.15, 0.2) is 0 Å². The number of aryl methyl sites for hydroxylation is 1. The van der Waals surface area contributed by atoms with Crippen molar-refractivity contribution in [1.29, 1.82) is 0 Å². The molecule has 0 aliphatic carbocycles. The highest BCUT2D eigenvalue weighted by Crippen LogP contribution is 2.21. The van der Waals surface area contributed by atoms with Crippen LogP contribution in [0.1, 0.15) is 16.7 Å². The number of carbonyl (C=O) groups excluding carboxylic acids is 1. The predicted molar refractivity (Wildman–Crippen MR) is 81.8 cm³/mol. The Kier molecular flexibility index (Phi) is 4.97. The summed E-state index contributed by atoms with van der Waals surface area (Å²) in [5.74, 6) is 0.804. The molecule has 2 aromatic carbocycles. The van der Waals surface area contributed by atoms with Crippen LogP contribution in [0.25, 0.3) is 6.08 Å². The lowest BCUT2D eigenvalue weighted by Crippen LogP contribution is -1.97. The molecule has 0 spiro atoms. The van der Waals surface area contributed by atoms with E-state index in [-0.39, 0.29) is 0 Å². The molecule has 0 saturated heterocycles. The molecule has 102 valence electrons. The van der Waals surface area contributed by atoms with Gasteiger partial charge in [-0.3, -0.25) is 4.79 Å². The average Bonchev–Trinajstić information content (AvgIpc) is 2.46. The van der Waals surface area contributed by atoms with Gasteiger partial charge in [-0.25, -0.2) is 0 Å². The molecular formula is C17H15ClO2. The van der Waals surface area contributed by atoms with Crippen LogP contribution in [0.4, 0.5) is 0 Å². The Labute approximate surface area is 123 Å². The van der Waals surface area contributed by atoms with Crippen LogP contribution in [0.5, 0.6) is 5.75 Å². The third-order valence-electron chi connectivity index (χ3n) is 2.86. The van der Waals surface area contributed by atoms with Crippen molar-refractivity contribution in [3.05, 3.63) is 71.3 Å². The Morgan fingerprint density at radius 1 is 1.20 bits per heavy atom. The number of hydrogen-bond acceptors (Lipinski definition) is 2. The van der Waals surface area contributed by atoms with Crippen molar-refractivity contribution < 1.29 is 9.53 Å². The van der Waals surface area contributed by atoms with Gasteiger partial charge in [-0.1, -0.05) is 48.5 Å². The first-order valence-corrected chi connectivity index (χ1v) is 6.68. The van der Waals surface area contributed by atoms with Crippen LogP contribution in [0, 0.1) is 6.92 Å². The molecule has 0 aliphatic rings. The van der Waals surface area contributed by atoms with Gasteiger partial charge in [0.2, 0.25) is 5.24 Å². The van der Waals surface area contributed by atoms with E-state index in [4.69, 9.17) is 16.3 Å². The van der Waals surface area contributed by atoms with E-state index in [1.165, 1.54) is 6.08 Å². The number of rotatable bonds is 5. The van der Waals surface area contributed by atoms with Crippen LogP contribution in [-0.2, 0) is 11.4 Å². The van der Waals surface area contributed by atoms with Gasteiger partial charge < -0.3 is 4.74 Å². The topological polar surface area (TPSA) is 26.3 Å². The summed E-state index contributed by atoms with van der Waals surface area (Å²) in [5, 5.41) is -0.489. The SMILES string of the molecule is Cc1ccc(/C=C/C(=O)Cl)cc1OCc1ccccc1. The molecule has 0 aromatic heterocycles. The molecule has 0 aliphatic heterocycles. The van der Waals surface area contributed by atoms with E-state index in [0.29, 0.717) is 6.61 Å². The van der Waals surface area contributed by atoms with Gasteiger partial charge in [0.05, 0.1) is 0 Å². The molecule has 0 saturated carbocycles. The van der Waals surface area contributed by atoms with Crippen LogP contribution >= 0.6 is 11.6 Å². The summed E-state index contributed by atoms with van der Waals surface area (Å²) in [4.78, 5) is 10.7. The van der Waals surface area contributed by atoms with E-state index < -0.39 is 5.24 Å². The Morgan fingerprint density at radius 3 is 2.65 bits per heavy atom. The van der Waals surface area contributed by atoms with E-state index in [1.54, 1.807) is 6.08 Å². The molecule has 0 radical (unpaired) electrons. The van der Waals surface area contributed by atoms with E-state index in [0.717, 1.165) is 22.4 Å². The summed E-state index contributed by atoms with van der Waals surface area (Å²) in [6.07, 6.45) is 3.00. The normalized spacial score (nSPS) is 10.7. The molecule has 0 fully saturated rings. The molecule has 2 aromatic rings. The smallest absolute Gasteiger partial charge is 0.245 e. The molecule has 20 heavy (non-hydrogen) atoms. The van der Waals surface area contributed by atoms with Gasteiger partial charge in [-0.15, -0.1) is 0 Å². The van der Waals surface area contributed by atoms with Crippen molar-refractivity contribution in [2.45, 2.75) is 13.5 Å². The Balaban J connectivity index is 2.10. The molecule has 0 N–H and O–H groups in total. The minimum absolute atomic E-state index is 0.489. The fraction of sp³-hybridized carbons (Fsp3) is 0.118. The number of allylic oxidation sites excluding steroid dienone is 1. The van der Waals surface area contributed by atoms with Gasteiger partial charge in [-0.05, 0) is 47.4 Å². The lowest BCUT2D eigenvalue weighted by atomic mass is 10.1. The average molecular weight is 287 g/mol. The first-order chi connectivity index (χ1) is 9.65. The summed E-state index contributed by atoms with van der Waals surface area (Å²) in [6, 6.07) is 15.8. The van der Waals surface area contributed by atoms with Gasteiger partial charge in [-0.2, -0.15) is 0 Å². The summed E-state index contributed by atoms with van der Waals surface area (Å²) in [6.45, 7) is 2.50. The number of carbonyl (C=O) groups is 1. The zero-order chi connectivity index (χ0) is 14.4. The minimum Gasteiger partial charge on any atom is -0.489 e. The molecule has 0 atom stereocenters. The van der Waals surface area contributed by atoms with Gasteiger partial charge >= 0.3 is 0 Å². The molecule has 0 bridgehead atoms. The summed E-state index contributed by atoms with van der Waals surface area (Å²) in [5.41, 5.74) is 3.05. The molecule has 2 nitrogen and oxygen atoms in total. The first kappa shape index (κ1) is 14.4. The fourth-order valence-electron chi connectivity index (χ4n) is 1.77. The second-order valence-electron chi connectivity index (χ2n) is 4.44. The van der Waals surface area contributed by atoms with Crippen LogP contribution in [0.2, 0.25) is 0 Å². The quantitative estimate of drug-likeness (QED) is 0.603. The highest BCUT2D eigenvalue weighted by molar-refractivity contribution is 6.66. The van der Waals surface area contributed by atoms with Crippen molar-refractivity contribution in [2.75, 3.05) is 0 Å². The van der Waals surface area contributed by atoms with E-state index in [2.05, 4.69) is 0 Å². The van der Waals surface area contributed by atoms with E-state index in [1.807, 2.05) is 55.5 Å². The van der Waals surface area contributed by atoms with Gasteiger partial charge in [0.1, 0.15) is 12.4 Å². The van der Waals surface area contributed by atoms with E-state index in [9.17, 15) is 4.79 Å². The first-order valence-electron chi connectivity index (χ1n) is 6.30. The molecule has 0 amide bonds. The molecule has 0 unspecified atom stereocenters. The number of ether oxygens (including phenoxy) is 1. The van der Waals surface area contributed by atoms with Gasteiger partial charge in [0, 0.05) is 0 Å². The van der Waals surface area contributed by atoms with Crippen molar-refractivity contribution in [3.8, 4) is 5.75 Å². The van der Waals surface area contributed by atoms with Gasteiger partial charge in [0.25, 0.3) is 0 Å². The second kappa shape index (κ2) is 6.92. The molecule has 3 heteroatoms. The summed E-state index contributed by atoms with van der Waals surface area (Å²) >= 11 is 5.28. The maximum atomic E-state index is 10.7. The maximum Gasteiger partial charge on any atom is 0.245 e. The molecule has 2 rings (SSSR count). The largest absolute Gasteiger partial charge is 0.489 e. The third kappa shape index (κ3) is 4.25. The standard InChI is InChI=1S/C17H15ClO2/c1-13-7-8-14(9-10-17(18)19)11-16(13)20-12-15-5-3-2-4-6-15/h2-11H,12H2,1H3/b10-9+. The summed E-state index contributed by atoms with van der Waals surface area (Å²) < 4.78 is 5.82. The number of benzene rings is 2. The summed E-state index contributed by atoms with van der Waals surface area (Å²) in [7, 11) is 0. The van der Waals surface area contributed by atoms with Crippen molar-refractivity contribution in [3.63, 3.8) is 0 Å². The van der Waals surface area contributed by atoms with Crippen LogP contribution in [0.3, 0.4) is 0 Å². The Morgan fingerprint density at radius 2 is 1.95 bits per heavy atom. The van der Waals surface area contributed by atoms with Crippen LogP contribution < -0.4 is 4.74 Å². The molecular weight excluding hydrogens is 272 g/mol. The third-order valence-corrected chi connectivity index (χ3v) is 2.98. The lowest BCUT2D eigenvalue weighted by Gasteiger charge is -2.10. The second-order valence-corrected chi connectivity index (χ2v) is 4.81. The Bertz CT molecular complexity index is 618. The van der Waals surface area contributed by atoms with Crippen molar-refractivity contribution >= 4 is 22.9 Å².